The molecular weight excluding hydrogens is 599 g/mol. The Labute approximate surface area is 254 Å². The van der Waals surface area contributed by atoms with Gasteiger partial charge in [-0.2, -0.15) is 13.2 Å². The highest BCUT2D eigenvalue weighted by Crippen LogP contribution is 2.34. The SMILES string of the molecule is Cc1cccc(-n2c(CNC(=O)c3cccc4ccccc34)nnc2SCC(=O)Nc2cc(C(F)(F)F)ccc2Cl)c1C. The first-order valence-corrected chi connectivity index (χ1v) is 14.5. The number of nitrogens with zero attached hydrogens (tertiary/aromatic N) is 3. The number of carbonyl (C=O) groups is 2. The second kappa shape index (κ2) is 12.5. The molecule has 5 aromatic rings. The fraction of sp³-hybridized carbons (Fsp3) is 0.161. The Kier molecular flexibility index (Phi) is 8.74. The minimum atomic E-state index is -4.58. The average Bonchev–Trinajstić information content (AvgIpc) is 3.39. The van der Waals surface area contributed by atoms with Crippen LogP contribution in [-0.4, -0.2) is 32.3 Å². The third-order valence-electron chi connectivity index (χ3n) is 6.86. The summed E-state index contributed by atoms with van der Waals surface area (Å²) in [4.78, 5) is 26.0. The van der Waals surface area contributed by atoms with Crippen LogP contribution < -0.4 is 10.6 Å². The predicted molar refractivity (Wildman–Crippen MR) is 162 cm³/mol. The predicted octanol–water partition coefficient (Wildman–Crippen LogP) is 7.37. The molecule has 0 bridgehead atoms. The first kappa shape index (κ1) is 30.1. The van der Waals surface area contributed by atoms with Crippen LogP contribution in [0.4, 0.5) is 18.9 Å². The monoisotopic (exact) mass is 623 g/mol. The molecular formula is C31H25ClF3N5O2S. The summed E-state index contributed by atoms with van der Waals surface area (Å²) in [6, 6.07) is 21.6. The Hall–Kier alpha value is -4.35. The highest BCUT2D eigenvalue weighted by Gasteiger charge is 2.31. The standard InChI is InChI=1S/C31H25ClF3N5O2S/c1-18-7-5-12-26(19(18)2)40-27(16-36-29(42)23-11-6-9-20-8-3-4-10-22(20)23)38-39-30(40)43-17-28(41)37-25-15-21(31(33,34)35)13-14-24(25)32/h3-15H,16-17H2,1-2H3,(H,36,42)(H,37,41). The number of hydrogen-bond donors (Lipinski definition) is 2. The molecule has 0 spiro atoms. The number of fused-ring (bicyclic) bond motifs is 1. The number of carbonyl (C=O) groups excluding carboxylic acids is 2. The number of amides is 2. The Bertz CT molecular complexity index is 1840. The van der Waals surface area contributed by atoms with Gasteiger partial charge in [0, 0.05) is 5.56 Å². The van der Waals surface area contributed by atoms with Gasteiger partial charge >= 0.3 is 6.18 Å². The molecule has 0 atom stereocenters. The van der Waals surface area contributed by atoms with Crippen LogP contribution in [-0.2, 0) is 17.5 Å². The topological polar surface area (TPSA) is 88.9 Å². The number of aryl methyl sites for hydroxylation is 1. The molecule has 0 aliphatic heterocycles. The van der Waals surface area contributed by atoms with Gasteiger partial charge in [-0.3, -0.25) is 14.2 Å². The van der Waals surface area contributed by atoms with Crippen LogP contribution >= 0.6 is 23.4 Å². The van der Waals surface area contributed by atoms with Crippen molar-refractivity contribution >= 4 is 51.6 Å². The van der Waals surface area contributed by atoms with Crippen LogP contribution in [0.5, 0.6) is 0 Å². The van der Waals surface area contributed by atoms with E-state index in [1.165, 1.54) is 0 Å². The van der Waals surface area contributed by atoms with Crippen LogP contribution in [0.15, 0.2) is 84.0 Å². The lowest BCUT2D eigenvalue weighted by Crippen LogP contribution is -2.25. The molecule has 0 fully saturated rings. The number of halogens is 4. The third-order valence-corrected chi connectivity index (χ3v) is 8.12. The lowest BCUT2D eigenvalue weighted by Gasteiger charge is -2.15. The van der Waals surface area contributed by atoms with E-state index in [1.807, 2.05) is 68.4 Å². The van der Waals surface area contributed by atoms with Crippen molar-refractivity contribution in [1.29, 1.82) is 0 Å². The normalized spacial score (nSPS) is 11.5. The summed E-state index contributed by atoms with van der Waals surface area (Å²) in [7, 11) is 0. The van der Waals surface area contributed by atoms with Crippen molar-refractivity contribution in [2.24, 2.45) is 0 Å². The Morgan fingerprint density at radius 1 is 0.953 bits per heavy atom. The van der Waals surface area contributed by atoms with E-state index in [9.17, 15) is 22.8 Å². The lowest BCUT2D eigenvalue weighted by atomic mass is 10.0. The largest absolute Gasteiger partial charge is 0.416 e. The number of hydrogen-bond acceptors (Lipinski definition) is 5. The number of alkyl halides is 3. The second-order valence-electron chi connectivity index (χ2n) is 9.69. The van der Waals surface area contributed by atoms with Gasteiger partial charge in [0.05, 0.1) is 34.3 Å². The van der Waals surface area contributed by atoms with E-state index >= 15 is 0 Å². The number of benzene rings is 4. The molecule has 1 heterocycles. The van der Waals surface area contributed by atoms with Crippen molar-refractivity contribution in [2.45, 2.75) is 31.7 Å². The fourth-order valence-corrected chi connectivity index (χ4v) is 5.45. The van der Waals surface area contributed by atoms with Gasteiger partial charge in [0.15, 0.2) is 11.0 Å². The Morgan fingerprint density at radius 3 is 2.49 bits per heavy atom. The molecule has 0 saturated heterocycles. The molecule has 0 aliphatic carbocycles. The van der Waals surface area contributed by atoms with E-state index in [4.69, 9.17) is 11.6 Å². The first-order chi connectivity index (χ1) is 20.5. The van der Waals surface area contributed by atoms with Gasteiger partial charge in [-0.1, -0.05) is 71.9 Å². The molecule has 4 aromatic carbocycles. The Balaban J connectivity index is 1.37. The molecule has 43 heavy (non-hydrogen) atoms. The zero-order valence-electron chi connectivity index (χ0n) is 23.0. The number of anilines is 1. The molecule has 0 radical (unpaired) electrons. The summed E-state index contributed by atoms with van der Waals surface area (Å²) in [5, 5.41) is 16.1. The zero-order valence-corrected chi connectivity index (χ0v) is 24.6. The maximum atomic E-state index is 13.2. The molecule has 0 saturated carbocycles. The van der Waals surface area contributed by atoms with Crippen molar-refractivity contribution < 1.29 is 22.8 Å². The van der Waals surface area contributed by atoms with Crippen molar-refractivity contribution in [3.63, 3.8) is 0 Å². The molecule has 5 rings (SSSR count). The molecule has 0 unspecified atom stereocenters. The van der Waals surface area contributed by atoms with Crippen molar-refractivity contribution in [2.75, 3.05) is 11.1 Å². The van der Waals surface area contributed by atoms with Crippen molar-refractivity contribution in [3.05, 3.63) is 112 Å². The summed E-state index contributed by atoms with van der Waals surface area (Å²) in [5.41, 5.74) is 2.19. The molecule has 0 aliphatic rings. The van der Waals surface area contributed by atoms with Gasteiger partial charge < -0.3 is 10.6 Å². The molecule has 12 heteroatoms. The van der Waals surface area contributed by atoms with Crippen LogP contribution in [0.25, 0.3) is 16.5 Å². The maximum absolute atomic E-state index is 13.2. The zero-order chi connectivity index (χ0) is 30.7. The van der Waals surface area contributed by atoms with Gasteiger partial charge in [0.25, 0.3) is 5.91 Å². The quantitative estimate of drug-likeness (QED) is 0.176. The van der Waals surface area contributed by atoms with Crippen LogP contribution in [0.1, 0.15) is 32.9 Å². The third kappa shape index (κ3) is 6.68. The van der Waals surface area contributed by atoms with Gasteiger partial charge in [0.1, 0.15) is 0 Å². The highest BCUT2D eigenvalue weighted by molar-refractivity contribution is 7.99. The van der Waals surface area contributed by atoms with Gasteiger partial charge in [-0.25, -0.2) is 0 Å². The van der Waals surface area contributed by atoms with Crippen LogP contribution in [0.2, 0.25) is 5.02 Å². The van der Waals surface area contributed by atoms with E-state index in [1.54, 1.807) is 10.6 Å². The van der Waals surface area contributed by atoms with Crippen molar-refractivity contribution in [1.82, 2.24) is 20.1 Å². The second-order valence-corrected chi connectivity index (χ2v) is 11.0. The molecule has 7 nitrogen and oxygen atoms in total. The number of aromatic nitrogens is 3. The maximum Gasteiger partial charge on any atom is 0.416 e. The minimum Gasteiger partial charge on any atom is -0.345 e. The summed E-state index contributed by atoms with van der Waals surface area (Å²) in [6.07, 6.45) is -4.58. The first-order valence-electron chi connectivity index (χ1n) is 13.1. The molecule has 2 N–H and O–H groups in total. The van der Waals surface area contributed by atoms with Gasteiger partial charge in [-0.05, 0) is 66.1 Å². The van der Waals surface area contributed by atoms with Crippen molar-refractivity contribution in [3.8, 4) is 5.69 Å². The minimum absolute atomic E-state index is 0.0193. The summed E-state index contributed by atoms with van der Waals surface area (Å²) < 4.78 is 41.2. The number of rotatable bonds is 8. The van der Waals surface area contributed by atoms with Crippen LogP contribution in [0.3, 0.4) is 0 Å². The van der Waals surface area contributed by atoms with E-state index < -0.39 is 17.6 Å². The van der Waals surface area contributed by atoms with Gasteiger partial charge in [-0.15, -0.1) is 10.2 Å². The smallest absolute Gasteiger partial charge is 0.345 e. The number of thioether (sulfide) groups is 1. The number of nitrogens with one attached hydrogen (secondary N) is 2. The molecule has 2 amide bonds. The fourth-order valence-electron chi connectivity index (χ4n) is 4.52. The average molecular weight is 624 g/mol. The molecule has 1 aromatic heterocycles. The highest BCUT2D eigenvalue weighted by atomic mass is 35.5. The van der Waals surface area contributed by atoms with E-state index in [0.717, 1.165) is 57.5 Å². The summed E-state index contributed by atoms with van der Waals surface area (Å²) >= 11 is 7.09. The van der Waals surface area contributed by atoms with E-state index in [0.29, 0.717) is 16.5 Å². The van der Waals surface area contributed by atoms with E-state index in [-0.39, 0.29) is 28.9 Å². The summed E-state index contributed by atoms with van der Waals surface area (Å²) in [6.45, 7) is 3.96. The summed E-state index contributed by atoms with van der Waals surface area (Å²) in [5.74, 6) is -0.602. The molecule has 220 valence electrons. The van der Waals surface area contributed by atoms with E-state index in [2.05, 4.69) is 20.8 Å². The van der Waals surface area contributed by atoms with Crippen LogP contribution in [0, 0.1) is 13.8 Å². The lowest BCUT2D eigenvalue weighted by molar-refractivity contribution is -0.137. The van der Waals surface area contributed by atoms with Gasteiger partial charge in [0.2, 0.25) is 5.91 Å². The Morgan fingerprint density at radius 2 is 1.70 bits per heavy atom.